The lowest BCUT2D eigenvalue weighted by molar-refractivity contribution is -0.150. The summed E-state index contributed by atoms with van der Waals surface area (Å²) in [5.41, 5.74) is -0.00917. The molecule has 34 heavy (non-hydrogen) atoms. The van der Waals surface area contributed by atoms with E-state index in [1.165, 1.54) is 25.7 Å². The molecule has 2 N–H and O–H groups in total. The number of oxime groups is 1. The molecule has 0 spiro atoms. The molecule has 3 unspecified atom stereocenters. The minimum Gasteiger partial charge on any atom is -0.462 e. The van der Waals surface area contributed by atoms with Crippen LogP contribution >= 0.6 is 0 Å². The Labute approximate surface area is 207 Å². The number of nitrogens with zero attached hydrogens (tertiary/aromatic N) is 1. The van der Waals surface area contributed by atoms with E-state index < -0.39 is 0 Å². The molecule has 0 heterocycles. The van der Waals surface area contributed by atoms with E-state index in [0.717, 1.165) is 50.9 Å². The van der Waals surface area contributed by atoms with Gasteiger partial charge in [-0.25, -0.2) is 0 Å². The Balaban J connectivity index is 1.62. The zero-order valence-electron chi connectivity index (χ0n) is 22.2. The fourth-order valence-electron chi connectivity index (χ4n) is 9.72. The monoisotopic (exact) mass is 475 g/mol. The number of carbonyl (C=O) groups is 1. The molecule has 0 amide bonds. The van der Waals surface area contributed by atoms with Crippen LogP contribution in [0.5, 0.6) is 0 Å². The van der Waals surface area contributed by atoms with Crippen molar-refractivity contribution < 1.29 is 19.8 Å². The van der Waals surface area contributed by atoms with Crippen LogP contribution in [0.3, 0.4) is 0 Å². The zero-order chi connectivity index (χ0) is 24.7. The fourth-order valence-corrected chi connectivity index (χ4v) is 9.72. The first-order chi connectivity index (χ1) is 16.1. The molecule has 194 valence electrons. The summed E-state index contributed by atoms with van der Waals surface area (Å²) in [5.74, 6) is 3.55. The molecule has 4 fully saturated rings. The smallest absolute Gasteiger partial charge is 0.302 e. The van der Waals surface area contributed by atoms with E-state index in [1.54, 1.807) is 6.92 Å². The largest absolute Gasteiger partial charge is 0.462 e. The molecule has 0 aromatic heterocycles. The lowest BCUT2D eigenvalue weighted by Crippen LogP contribution is -2.56. The SMILES string of the molecule is CC(=O)OC1C[C@H]2[C@@H]3CCC4CCC(O)C[C@]4(C=NO)[C@H]3CC[C@]2(C)[C@H]1[C@H](C)CCCC(C)C. The number of esters is 1. The van der Waals surface area contributed by atoms with Gasteiger partial charge in [-0.05, 0) is 92.3 Å². The molecule has 5 heteroatoms. The standard InChI is InChI=1S/C29H49NO4/c1-18(2)7-6-8-19(3)27-26(34-20(4)31)15-25-23-12-10-21-9-11-22(32)16-29(21,17-30-33)24(23)13-14-28(25,27)5/h17-19,21-27,32-33H,6-16H2,1-5H3/t19-,21?,22?,23-,24+,25+,26?,27+,28+,29-/m1/s1. The molecule has 4 aliphatic rings. The molecule has 0 aromatic carbocycles. The number of aliphatic hydroxyl groups is 1. The highest BCUT2D eigenvalue weighted by atomic mass is 16.5. The third-order valence-electron chi connectivity index (χ3n) is 10.9. The van der Waals surface area contributed by atoms with Crippen molar-refractivity contribution >= 4 is 12.2 Å². The van der Waals surface area contributed by atoms with E-state index in [9.17, 15) is 15.1 Å². The molecule has 0 bridgehead atoms. The van der Waals surface area contributed by atoms with Gasteiger partial charge in [0.1, 0.15) is 6.10 Å². The van der Waals surface area contributed by atoms with Crippen molar-refractivity contribution in [1.82, 2.24) is 0 Å². The third kappa shape index (κ3) is 4.55. The molecule has 4 saturated carbocycles. The normalized spacial score (nSPS) is 45.0. The van der Waals surface area contributed by atoms with Crippen LogP contribution < -0.4 is 0 Å². The van der Waals surface area contributed by atoms with Crippen LogP contribution in [-0.2, 0) is 9.53 Å². The Morgan fingerprint density at radius 1 is 1.12 bits per heavy atom. The highest BCUT2D eigenvalue weighted by molar-refractivity contribution is 5.67. The Kier molecular flexibility index (Phi) is 7.72. The molecule has 0 radical (unpaired) electrons. The van der Waals surface area contributed by atoms with Crippen LogP contribution in [0.2, 0.25) is 0 Å². The van der Waals surface area contributed by atoms with Gasteiger partial charge in [-0.3, -0.25) is 4.79 Å². The maximum Gasteiger partial charge on any atom is 0.302 e. The van der Waals surface area contributed by atoms with E-state index >= 15 is 0 Å². The first-order valence-corrected chi connectivity index (χ1v) is 14.2. The van der Waals surface area contributed by atoms with Gasteiger partial charge in [0, 0.05) is 18.3 Å². The predicted molar refractivity (Wildman–Crippen MR) is 135 cm³/mol. The van der Waals surface area contributed by atoms with Crippen molar-refractivity contribution in [2.24, 2.45) is 57.4 Å². The van der Waals surface area contributed by atoms with Gasteiger partial charge in [0.25, 0.3) is 0 Å². The summed E-state index contributed by atoms with van der Waals surface area (Å²) < 4.78 is 6.06. The zero-order valence-corrected chi connectivity index (χ0v) is 22.2. The van der Waals surface area contributed by atoms with Gasteiger partial charge in [-0.15, -0.1) is 5.16 Å². The number of rotatable bonds is 7. The number of hydrogen-bond acceptors (Lipinski definition) is 5. The first-order valence-electron chi connectivity index (χ1n) is 14.2. The fraction of sp³-hybridized carbons (Fsp3) is 0.931. The first kappa shape index (κ1) is 26.0. The van der Waals surface area contributed by atoms with E-state index in [-0.39, 0.29) is 29.0 Å². The van der Waals surface area contributed by atoms with E-state index in [1.807, 2.05) is 6.21 Å². The highest BCUT2D eigenvalue weighted by Crippen LogP contribution is 2.68. The van der Waals surface area contributed by atoms with Gasteiger partial charge in [0.2, 0.25) is 0 Å². The van der Waals surface area contributed by atoms with Crippen LogP contribution in [0, 0.1) is 52.3 Å². The number of ether oxygens (including phenoxy) is 1. The summed E-state index contributed by atoms with van der Waals surface area (Å²) in [4.78, 5) is 12.1. The van der Waals surface area contributed by atoms with Crippen molar-refractivity contribution in [3.63, 3.8) is 0 Å². The molecule has 4 rings (SSSR count). The van der Waals surface area contributed by atoms with Crippen molar-refractivity contribution in [2.75, 3.05) is 0 Å². The summed E-state index contributed by atoms with van der Waals surface area (Å²) in [7, 11) is 0. The van der Waals surface area contributed by atoms with Crippen LogP contribution in [0.25, 0.3) is 0 Å². The van der Waals surface area contributed by atoms with Crippen molar-refractivity contribution in [1.29, 1.82) is 0 Å². The van der Waals surface area contributed by atoms with Crippen molar-refractivity contribution in [3.8, 4) is 0 Å². The second kappa shape index (κ2) is 10.1. The van der Waals surface area contributed by atoms with Gasteiger partial charge in [0.05, 0.1) is 12.3 Å². The lowest BCUT2D eigenvalue weighted by atomic mass is 9.44. The third-order valence-corrected chi connectivity index (χ3v) is 10.9. The van der Waals surface area contributed by atoms with Gasteiger partial charge in [-0.2, -0.15) is 0 Å². The molecule has 0 aliphatic heterocycles. The number of fused-ring (bicyclic) bond motifs is 5. The second-order valence-electron chi connectivity index (χ2n) is 13.2. The summed E-state index contributed by atoms with van der Waals surface area (Å²) >= 11 is 0. The van der Waals surface area contributed by atoms with E-state index in [4.69, 9.17) is 4.74 Å². The number of aliphatic hydroxyl groups excluding tert-OH is 1. The number of hydrogen-bond donors (Lipinski definition) is 2. The average Bonchev–Trinajstić information content (AvgIpc) is 3.04. The minimum absolute atomic E-state index is 0.0115. The molecule has 5 nitrogen and oxygen atoms in total. The van der Waals surface area contributed by atoms with E-state index in [2.05, 4.69) is 32.9 Å². The molecule has 0 saturated heterocycles. The topological polar surface area (TPSA) is 79.1 Å². The molecule has 4 aliphatic carbocycles. The van der Waals surface area contributed by atoms with Crippen LogP contribution in [0.4, 0.5) is 0 Å². The maximum atomic E-state index is 12.1. The molecular weight excluding hydrogens is 426 g/mol. The molecule has 0 aromatic rings. The van der Waals surface area contributed by atoms with E-state index in [0.29, 0.717) is 35.5 Å². The van der Waals surface area contributed by atoms with Gasteiger partial charge in [0.15, 0.2) is 0 Å². The maximum absolute atomic E-state index is 12.1. The quantitative estimate of drug-likeness (QED) is 0.192. The molecule has 10 atom stereocenters. The summed E-state index contributed by atoms with van der Waals surface area (Å²) in [6.45, 7) is 11.1. The Morgan fingerprint density at radius 3 is 2.53 bits per heavy atom. The van der Waals surface area contributed by atoms with Crippen LogP contribution in [0.15, 0.2) is 5.16 Å². The van der Waals surface area contributed by atoms with Gasteiger partial charge >= 0.3 is 5.97 Å². The van der Waals surface area contributed by atoms with Crippen molar-refractivity contribution in [2.45, 2.75) is 117 Å². The molecular formula is C29H49NO4. The Bertz CT molecular complexity index is 752. The van der Waals surface area contributed by atoms with Crippen molar-refractivity contribution in [3.05, 3.63) is 0 Å². The average molecular weight is 476 g/mol. The lowest BCUT2D eigenvalue weighted by Gasteiger charge is -2.60. The summed E-state index contributed by atoms with van der Waals surface area (Å²) in [6, 6.07) is 0. The highest BCUT2D eigenvalue weighted by Gasteiger charge is 2.64. The predicted octanol–water partition coefficient (Wildman–Crippen LogP) is 6.45. The Hall–Kier alpha value is -1.10. The van der Waals surface area contributed by atoms with Crippen LogP contribution in [0.1, 0.15) is 105 Å². The number of carbonyl (C=O) groups excluding carboxylic acids is 1. The van der Waals surface area contributed by atoms with Gasteiger partial charge in [-0.1, -0.05) is 47.0 Å². The second-order valence-corrected chi connectivity index (χ2v) is 13.2. The van der Waals surface area contributed by atoms with Gasteiger partial charge < -0.3 is 15.1 Å². The summed E-state index contributed by atoms with van der Waals surface area (Å²) in [6.07, 6.45) is 13.5. The Morgan fingerprint density at radius 2 is 1.85 bits per heavy atom. The van der Waals surface area contributed by atoms with Crippen LogP contribution in [-0.4, -0.2) is 34.7 Å². The summed E-state index contributed by atoms with van der Waals surface area (Å²) in [5, 5.41) is 23.9. The minimum atomic E-state index is -0.299.